The number of ether oxygens (including phenoxy) is 2. The summed E-state index contributed by atoms with van der Waals surface area (Å²) < 4.78 is 11.2. The number of hydrogen-bond donors (Lipinski definition) is 0. The Balaban J connectivity index is 1.76. The normalized spacial score (nSPS) is 17.9. The fraction of sp³-hybridized carbons (Fsp3) is 0.462. The van der Waals surface area contributed by atoms with Crippen LogP contribution in [0.1, 0.15) is 55.5 Å². The Kier molecular flexibility index (Phi) is 9.47. The van der Waals surface area contributed by atoms with Crippen molar-refractivity contribution in [2.24, 2.45) is 0 Å². The maximum absolute atomic E-state index is 13.5. The van der Waals surface area contributed by atoms with Gasteiger partial charge in [-0.3, -0.25) is 4.79 Å². The lowest BCUT2D eigenvalue weighted by Gasteiger charge is -2.28. The van der Waals surface area contributed by atoms with Crippen LogP contribution in [-0.4, -0.2) is 47.2 Å². The quantitative estimate of drug-likeness (QED) is 0.338. The molecule has 172 valence electrons. The van der Waals surface area contributed by atoms with E-state index in [2.05, 4.69) is 26.0 Å². The topological polar surface area (TPSA) is 55.8 Å². The van der Waals surface area contributed by atoms with Gasteiger partial charge in [0, 0.05) is 17.7 Å². The number of thioether (sulfide) groups is 1. The lowest BCUT2D eigenvalue weighted by atomic mass is 10.1. The van der Waals surface area contributed by atoms with E-state index in [-0.39, 0.29) is 17.3 Å². The average molecular weight is 456 g/mol. The lowest BCUT2D eigenvalue weighted by molar-refractivity contribution is -0.148. The molecule has 32 heavy (non-hydrogen) atoms. The Morgan fingerprint density at radius 3 is 2.34 bits per heavy atom. The summed E-state index contributed by atoms with van der Waals surface area (Å²) in [5.41, 5.74) is 1.70. The van der Waals surface area contributed by atoms with Crippen molar-refractivity contribution in [1.82, 2.24) is 4.90 Å². The van der Waals surface area contributed by atoms with E-state index in [1.165, 1.54) is 0 Å². The molecule has 3 rings (SSSR count). The standard InChI is InChI=1S/C26H33NO4S/c1-3-5-16-30-22-14-12-21(13-15-22)25(28)27-23(26(29)31-17-6-4-2)19-32-24(27)18-20-10-8-7-9-11-20/h7-15,23-24H,3-6,16-19H2,1-2H3. The second-order valence-corrected chi connectivity index (χ2v) is 9.16. The van der Waals surface area contributed by atoms with Crippen molar-refractivity contribution in [3.05, 3.63) is 65.7 Å². The summed E-state index contributed by atoms with van der Waals surface area (Å²) in [5, 5.41) is -0.117. The minimum Gasteiger partial charge on any atom is -0.494 e. The molecule has 2 aromatic carbocycles. The Hall–Kier alpha value is -2.47. The molecule has 6 heteroatoms. The molecule has 1 aliphatic heterocycles. The maximum Gasteiger partial charge on any atom is 0.329 e. The summed E-state index contributed by atoms with van der Waals surface area (Å²) in [6.45, 7) is 5.23. The van der Waals surface area contributed by atoms with Crippen LogP contribution >= 0.6 is 11.8 Å². The predicted molar refractivity (Wildman–Crippen MR) is 129 cm³/mol. The molecule has 0 aliphatic carbocycles. The van der Waals surface area contributed by atoms with Gasteiger partial charge in [-0.25, -0.2) is 4.79 Å². The first-order valence-corrected chi connectivity index (χ1v) is 12.6. The fourth-order valence-electron chi connectivity index (χ4n) is 3.58. The third-order valence-electron chi connectivity index (χ3n) is 5.46. The molecule has 0 spiro atoms. The molecule has 0 bridgehead atoms. The van der Waals surface area contributed by atoms with Crippen LogP contribution in [0.3, 0.4) is 0 Å². The monoisotopic (exact) mass is 455 g/mol. The molecule has 0 saturated carbocycles. The molecule has 1 saturated heterocycles. The number of rotatable bonds is 11. The Morgan fingerprint density at radius 1 is 0.969 bits per heavy atom. The van der Waals surface area contributed by atoms with Crippen LogP contribution in [0.5, 0.6) is 5.75 Å². The van der Waals surface area contributed by atoms with Crippen LogP contribution in [0, 0.1) is 0 Å². The first-order chi connectivity index (χ1) is 15.6. The van der Waals surface area contributed by atoms with Gasteiger partial charge in [0.1, 0.15) is 11.8 Å². The van der Waals surface area contributed by atoms with Gasteiger partial charge in [0.2, 0.25) is 0 Å². The van der Waals surface area contributed by atoms with E-state index in [0.717, 1.165) is 37.0 Å². The molecule has 1 amide bonds. The number of benzene rings is 2. The van der Waals surface area contributed by atoms with Crippen LogP contribution in [-0.2, 0) is 16.0 Å². The second-order valence-electron chi connectivity index (χ2n) is 7.95. The smallest absolute Gasteiger partial charge is 0.329 e. The Morgan fingerprint density at radius 2 is 1.66 bits per heavy atom. The van der Waals surface area contributed by atoms with Crippen molar-refractivity contribution in [1.29, 1.82) is 0 Å². The largest absolute Gasteiger partial charge is 0.494 e. The van der Waals surface area contributed by atoms with E-state index < -0.39 is 6.04 Å². The number of carbonyl (C=O) groups excluding carboxylic acids is 2. The van der Waals surface area contributed by atoms with Gasteiger partial charge < -0.3 is 14.4 Å². The highest BCUT2D eigenvalue weighted by Gasteiger charge is 2.42. The van der Waals surface area contributed by atoms with E-state index in [9.17, 15) is 9.59 Å². The van der Waals surface area contributed by atoms with E-state index in [0.29, 0.717) is 31.0 Å². The van der Waals surface area contributed by atoms with Crippen LogP contribution in [0.4, 0.5) is 0 Å². The molecule has 2 aromatic rings. The van der Waals surface area contributed by atoms with Gasteiger partial charge >= 0.3 is 5.97 Å². The fourth-order valence-corrected chi connectivity index (χ4v) is 5.00. The molecule has 1 fully saturated rings. The third-order valence-corrected chi connectivity index (χ3v) is 6.75. The number of carbonyl (C=O) groups is 2. The molecule has 1 heterocycles. The van der Waals surface area contributed by atoms with Crippen molar-refractivity contribution >= 4 is 23.6 Å². The number of unbranched alkanes of at least 4 members (excludes halogenated alkanes) is 2. The van der Waals surface area contributed by atoms with Crippen molar-refractivity contribution in [2.45, 2.75) is 57.4 Å². The molecule has 2 atom stereocenters. The highest BCUT2D eigenvalue weighted by molar-refractivity contribution is 8.00. The van der Waals surface area contributed by atoms with Crippen LogP contribution < -0.4 is 4.74 Å². The van der Waals surface area contributed by atoms with Crippen LogP contribution in [0.15, 0.2) is 54.6 Å². The lowest BCUT2D eigenvalue weighted by Crippen LogP contribution is -2.47. The number of amides is 1. The van der Waals surface area contributed by atoms with Gasteiger partial charge in [-0.2, -0.15) is 0 Å². The van der Waals surface area contributed by atoms with Gasteiger partial charge in [0.25, 0.3) is 5.91 Å². The van der Waals surface area contributed by atoms with Gasteiger partial charge in [-0.1, -0.05) is 57.0 Å². The van der Waals surface area contributed by atoms with Gasteiger partial charge in [-0.15, -0.1) is 11.8 Å². The summed E-state index contributed by atoms with van der Waals surface area (Å²) in [4.78, 5) is 28.1. The van der Waals surface area contributed by atoms with E-state index in [1.54, 1.807) is 28.8 Å². The zero-order chi connectivity index (χ0) is 22.8. The average Bonchev–Trinajstić information content (AvgIpc) is 3.23. The zero-order valence-electron chi connectivity index (χ0n) is 19.0. The molecular weight excluding hydrogens is 422 g/mol. The number of esters is 1. The first kappa shape index (κ1) is 24.2. The van der Waals surface area contributed by atoms with Crippen molar-refractivity contribution < 1.29 is 19.1 Å². The highest BCUT2D eigenvalue weighted by Crippen LogP contribution is 2.34. The summed E-state index contributed by atoms with van der Waals surface area (Å²) in [7, 11) is 0. The van der Waals surface area contributed by atoms with E-state index in [1.807, 2.05) is 30.3 Å². The van der Waals surface area contributed by atoms with Crippen molar-refractivity contribution in [3.63, 3.8) is 0 Å². The molecule has 0 aromatic heterocycles. The summed E-state index contributed by atoms with van der Waals surface area (Å²) in [6, 6.07) is 16.7. The predicted octanol–water partition coefficient (Wildman–Crippen LogP) is 5.34. The number of hydrogen-bond acceptors (Lipinski definition) is 5. The van der Waals surface area contributed by atoms with Crippen LogP contribution in [0.25, 0.3) is 0 Å². The molecule has 1 aliphatic rings. The summed E-state index contributed by atoms with van der Waals surface area (Å²) >= 11 is 1.64. The molecule has 5 nitrogen and oxygen atoms in total. The van der Waals surface area contributed by atoms with Gasteiger partial charge in [0.15, 0.2) is 0 Å². The summed E-state index contributed by atoms with van der Waals surface area (Å²) in [6.07, 6.45) is 4.54. The first-order valence-electron chi connectivity index (χ1n) is 11.5. The maximum atomic E-state index is 13.5. The molecular formula is C26H33NO4S. The third kappa shape index (κ3) is 6.52. The Labute approximate surface area is 195 Å². The second kappa shape index (κ2) is 12.5. The molecule has 0 radical (unpaired) electrons. The van der Waals surface area contributed by atoms with Gasteiger partial charge in [-0.05, 0) is 42.7 Å². The van der Waals surface area contributed by atoms with Gasteiger partial charge in [0.05, 0.1) is 18.6 Å². The van der Waals surface area contributed by atoms with Crippen LogP contribution in [0.2, 0.25) is 0 Å². The van der Waals surface area contributed by atoms with Crippen molar-refractivity contribution in [2.75, 3.05) is 19.0 Å². The zero-order valence-corrected chi connectivity index (χ0v) is 19.8. The van der Waals surface area contributed by atoms with E-state index in [4.69, 9.17) is 9.47 Å². The Bertz CT molecular complexity index is 856. The molecule has 0 N–H and O–H groups in total. The van der Waals surface area contributed by atoms with E-state index >= 15 is 0 Å². The molecule has 2 unspecified atom stereocenters. The SMILES string of the molecule is CCCCOC(=O)C1CSC(Cc2ccccc2)N1C(=O)c1ccc(OCCCC)cc1. The minimum atomic E-state index is -0.571. The highest BCUT2D eigenvalue weighted by atomic mass is 32.2. The number of nitrogens with zero attached hydrogens (tertiary/aromatic N) is 1. The van der Waals surface area contributed by atoms with Crippen molar-refractivity contribution in [3.8, 4) is 5.75 Å². The minimum absolute atomic E-state index is 0.117. The summed E-state index contributed by atoms with van der Waals surface area (Å²) in [5.74, 6) is 0.844.